The second-order valence-corrected chi connectivity index (χ2v) is 4.61. The molecule has 0 saturated heterocycles. The van der Waals surface area contributed by atoms with E-state index in [1.807, 2.05) is 25.1 Å². The summed E-state index contributed by atoms with van der Waals surface area (Å²) < 4.78 is 14.6. The van der Waals surface area contributed by atoms with Gasteiger partial charge in [-0.25, -0.2) is 10.0 Å². The lowest BCUT2D eigenvalue weighted by molar-refractivity contribution is 0.115. The normalized spacial score (nSPS) is 10.3. The van der Waals surface area contributed by atoms with Gasteiger partial charge < -0.3 is 9.47 Å². The van der Waals surface area contributed by atoms with Crippen LogP contribution >= 0.6 is 11.5 Å². The van der Waals surface area contributed by atoms with Gasteiger partial charge in [-0.1, -0.05) is 0 Å². The number of rotatable bonds is 7. The van der Waals surface area contributed by atoms with Gasteiger partial charge in [0.15, 0.2) is 0 Å². The van der Waals surface area contributed by atoms with Gasteiger partial charge in [-0.05, 0) is 19.1 Å². The highest BCUT2D eigenvalue weighted by Gasteiger charge is 2.14. The lowest BCUT2D eigenvalue weighted by Crippen LogP contribution is -2.23. The largest absolute Gasteiger partial charge is 0.497 e. The van der Waals surface area contributed by atoms with E-state index in [1.54, 1.807) is 19.3 Å². The van der Waals surface area contributed by atoms with Gasteiger partial charge in [-0.2, -0.15) is 4.37 Å². The topological polar surface area (TPSA) is 56.7 Å². The Bertz CT molecular complexity index is 534. The van der Waals surface area contributed by atoms with Gasteiger partial charge in [-0.3, -0.25) is 4.84 Å². The molecule has 2 aromatic rings. The van der Waals surface area contributed by atoms with Crippen LogP contribution in [0.25, 0.3) is 0 Å². The van der Waals surface area contributed by atoms with Crippen LogP contribution in [0.15, 0.2) is 24.5 Å². The molecule has 0 aliphatic carbocycles. The maximum Gasteiger partial charge on any atom is 0.229 e. The average molecular weight is 295 g/mol. The molecule has 0 saturated carbocycles. The van der Waals surface area contributed by atoms with Crippen LogP contribution in [0.2, 0.25) is 0 Å². The van der Waals surface area contributed by atoms with Crippen LogP contribution in [0.4, 0.5) is 5.13 Å². The molecule has 0 atom stereocenters. The van der Waals surface area contributed by atoms with Gasteiger partial charge in [0, 0.05) is 23.2 Å². The van der Waals surface area contributed by atoms with E-state index in [4.69, 9.17) is 14.3 Å². The van der Waals surface area contributed by atoms with E-state index in [1.165, 1.54) is 17.9 Å². The molecular formula is C13H17N3O3S. The van der Waals surface area contributed by atoms with Crippen molar-refractivity contribution >= 4 is 16.7 Å². The van der Waals surface area contributed by atoms with E-state index in [0.29, 0.717) is 18.3 Å². The van der Waals surface area contributed by atoms with Crippen molar-refractivity contribution in [3.63, 3.8) is 0 Å². The zero-order chi connectivity index (χ0) is 14.4. The Morgan fingerprint density at radius 1 is 1.25 bits per heavy atom. The molecule has 0 spiro atoms. The summed E-state index contributed by atoms with van der Waals surface area (Å²) in [6, 6.07) is 5.69. The molecule has 0 amide bonds. The highest BCUT2D eigenvalue weighted by Crippen LogP contribution is 2.27. The van der Waals surface area contributed by atoms with E-state index >= 15 is 0 Å². The van der Waals surface area contributed by atoms with Crippen molar-refractivity contribution in [2.24, 2.45) is 0 Å². The Hall–Kier alpha value is -1.86. The van der Waals surface area contributed by atoms with Crippen molar-refractivity contribution < 1.29 is 14.3 Å². The number of nitrogens with zero attached hydrogens (tertiary/aromatic N) is 3. The number of benzene rings is 1. The summed E-state index contributed by atoms with van der Waals surface area (Å²) in [5.41, 5.74) is 0.983. The summed E-state index contributed by atoms with van der Waals surface area (Å²) in [5.74, 6) is 1.50. The van der Waals surface area contributed by atoms with Gasteiger partial charge in [0.2, 0.25) is 5.13 Å². The van der Waals surface area contributed by atoms with Crippen molar-refractivity contribution in [2.75, 3.05) is 25.9 Å². The van der Waals surface area contributed by atoms with E-state index in [9.17, 15) is 0 Å². The first-order chi connectivity index (χ1) is 9.78. The number of hydrogen-bond acceptors (Lipinski definition) is 7. The number of anilines is 1. The maximum atomic E-state index is 5.60. The number of methoxy groups -OCH3 is 2. The smallest absolute Gasteiger partial charge is 0.229 e. The van der Waals surface area contributed by atoms with Crippen LogP contribution < -0.4 is 14.5 Å². The average Bonchev–Trinajstić information content (AvgIpc) is 3.01. The third-order valence-electron chi connectivity index (χ3n) is 2.66. The standard InChI is InChI=1S/C13H17N3O3S/c1-4-19-16(13-14-9-15-20-13)8-10-5-6-11(17-2)7-12(10)18-3/h5-7,9H,4,8H2,1-3H3. The number of aromatic nitrogens is 2. The summed E-state index contributed by atoms with van der Waals surface area (Å²) in [6.07, 6.45) is 1.51. The third kappa shape index (κ3) is 3.37. The maximum absolute atomic E-state index is 5.60. The fraction of sp³-hybridized carbons (Fsp3) is 0.385. The van der Waals surface area contributed by atoms with Crippen molar-refractivity contribution in [1.29, 1.82) is 0 Å². The summed E-state index contributed by atoms with van der Waals surface area (Å²) in [5, 5.41) is 2.42. The van der Waals surface area contributed by atoms with Crippen molar-refractivity contribution in [3.8, 4) is 11.5 Å². The Morgan fingerprint density at radius 2 is 2.10 bits per heavy atom. The molecule has 0 fully saturated rings. The van der Waals surface area contributed by atoms with Gasteiger partial charge in [0.05, 0.1) is 27.4 Å². The zero-order valence-electron chi connectivity index (χ0n) is 11.7. The molecule has 6 nitrogen and oxygen atoms in total. The fourth-order valence-electron chi connectivity index (χ4n) is 1.74. The van der Waals surface area contributed by atoms with E-state index in [2.05, 4.69) is 9.36 Å². The molecule has 0 radical (unpaired) electrons. The second-order valence-electron chi connectivity index (χ2n) is 3.86. The quantitative estimate of drug-likeness (QED) is 0.732. The number of hydroxylamine groups is 1. The third-order valence-corrected chi connectivity index (χ3v) is 3.33. The molecule has 108 valence electrons. The molecule has 1 aromatic heterocycles. The Kier molecular flexibility index (Phi) is 5.14. The van der Waals surface area contributed by atoms with Gasteiger partial charge in [0.25, 0.3) is 0 Å². The molecule has 0 N–H and O–H groups in total. The zero-order valence-corrected chi connectivity index (χ0v) is 12.5. The van der Waals surface area contributed by atoms with Gasteiger partial charge in [-0.15, -0.1) is 0 Å². The first-order valence-electron chi connectivity index (χ1n) is 6.16. The Labute approximate surface area is 122 Å². The minimum Gasteiger partial charge on any atom is -0.497 e. The summed E-state index contributed by atoms with van der Waals surface area (Å²) in [4.78, 5) is 9.76. The molecule has 0 unspecified atom stereocenters. The van der Waals surface area contributed by atoms with Crippen molar-refractivity contribution in [2.45, 2.75) is 13.5 Å². The summed E-state index contributed by atoms with van der Waals surface area (Å²) in [6.45, 7) is 3.01. The highest BCUT2D eigenvalue weighted by atomic mass is 32.1. The lowest BCUT2D eigenvalue weighted by atomic mass is 10.2. The fourth-order valence-corrected chi connectivity index (χ4v) is 2.23. The Morgan fingerprint density at radius 3 is 2.70 bits per heavy atom. The first-order valence-corrected chi connectivity index (χ1v) is 6.93. The van der Waals surface area contributed by atoms with Crippen LogP contribution in [0.1, 0.15) is 12.5 Å². The molecule has 1 aromatic carbocycles. The van der Waals surface area contributed by atoms with Crippen LogP contribution in [0.5, 0.6) is 11.5 Å². The second kappa shape index (κ2) is 7.06. The van der Waals surface area contributed by atoms with Gasteiger partial charge >= 0.3 is 0 Å². The molecule has 0 bridgehead atoms. The molecule has 7 heteroatoms. The highest BCUT2D eigenvalue weighted by molar-refractivity contribution is 7.09. The number of ether oxygens (including phenoxy) is 2. The van der Waals surface area contributed by atoms with E-state index in [-0.39, 0.29) is 0 Å². The molecule has 1 heterocycles. The monoisotopic (exact) mass is 295 g/mol. The van der Waals surface area contributed by atoms with Gasteiger partial charge in [0.1, 0.15) is 17.8 Å². The molecule has 0 aliphatic rings. The van der Waals surface area contributed by atoms with Crippen LogP contribution in [0.3, 0.4) is 0 Å². The predicted molar refractivity (Wildman–Crippen MR) is 77.3 cm³/mol. The predicted octanol–water partition coefficient (Wildman–Crippen LogP) is 2.51. The molecule has 0 aliphatic heterocycles. The molecular weight excluding hydrogens is 278 g/mol. The molecule has 20 heavy (non-hydrogen) atoms. The van der Waals surface area contributed by atoms with Crippen LogP contribution in [0, 0.1) is 0 Å². The van der Waals surface area contributed by atoms with Crippen LogP contribution in [-0.2, 0) is 11.4 Å². The van der Waals surface area contributed by atoms with Crippen molar-refractivity contribution in [1.82, 2.24) is 9.36 Å². The summed E-state index contributed by atoms with van der Waals surface area (Å²) >= 11 is 1.29. The van der Waals surface area contributed by atoms with E-state index < -0.39 is 0 Å². The number of hydrogen-bond donors (Lipinski definition) is 0. The van der Waals surface area contributed by atoms with E-state index in [0.717, 1.165) is 17.1 Å². The minimum atomic E-state index is 0.524. The minimum absolute atomic E-state index is 0.524. The lowest BCUT2D eigenvalue weighted by Gasteiger charge is -2.21. The van der Waals surface area contributed by atoms with Crippen molar-refractivity contribution in [3.05, 3.63) is 30.1 Å². The first kappa shape index (κ1) is 14.5. The molecule has 2 rings (SSSR count). The SMILES string of the molecule is CCON(Cc1ccc(OC)cc1OC)c1ncns1. The summed E-state index contributed by atoms with van der Waals surface area (Å²) in [7, 11) is 3.26. The van der Waals surface area contributed by atoms with Crippen LogP contribution in [-0.4, -0.2) is 30.2 Å². The Balaban J connectivity index is 2.22.